The topological polar surface area (TPSA) is 75.0 Å². The van der Waals surface area contributed by atoms with E-state index in [4.69, 9.17) is 14.2 Å². The fourth-order valence-corrected chi connectivity index (χ4v) is 4.55. The van der Waals surface area contributed by atoms with Gasteiger partial charge in [-0.15, -0.1) is 5.10 Å². The lowest BCUT2D eigenvalue weighted by atomic mass is 10.2. The number of hydrogen-bond acceptors (Lipinski definition) is 7. The standard InChI is InChI=1S/C28H23N3O4S/c1-33-23-13-11-19(16-24(23)34-2)12-14-26-29-28-31(30-26)27(32)25(36-28)17-21-9-6-10-22(15-21)35-18-20-7-4-3-5-8-20/h3-17H,18H2,1-2H3. The molecule has 2 aromatic heterocycles. The summed E-state index contributed by atoms with van der Waals surface area (Å²) < 4.78 is 18.4. The largest absolute Gasteiger partial charge is 0.493 e. The molecule has 2 heterocycles. The number of methoxy groups -OCH3 is 2. The van der Waals surface area contributed by atoms with E-state index >= 15 is 0 Å². The van der Waals surface area contributed by atoms with E-state index in [2.05, 4.69) is 10.1 Å². The van der Waals surface area contributed by atoms with E-state index in [1.165, 1.54) is 15.9 Å². The fourth-order valence-electron chi connectivity index (χ4n) is 3.63. The number of fused-ring (bicyclic) bond motifs is 1. The first-order valence-corrected chi connectivity index (χ1v) is 12.0. The zero-order chi connectivity index (χ0) is 24.9. The highest BCUT2D eigenvalue weighted by Gasteiger charge is 2.09. The SMILES string of the molecule is COc1ccc(C=Cc2nc3sc(=Cc4cccc(OCc5ccccc5)c4)c(=O)n3n2)cc1OC. The Balaban J connectivity index is 1.35. The summed E-state index contributed by atoms with van der Waals surface area (Å²) in [6, 6.07) is 23.2. The zero-order valence-corrected chi connectivity index (χ0v) is 20.6. The van der Waals surface area contributed by atoms with Gasteiger partial charge in [0.05, 0.1) is 18.8 Å². The van der Waals surface area contributed by atoms with Crippen LogP contribution in [0.2, 0.25) is 0 Å². The molecule has 0 amide bonds. The van der Waals surface area contributed by atoms with Crippen molar-refractivity contribution >= 4 is 34.5 Å². The lowest BCUT2D eigenvalue weighted by Crippen LogP contribution is -2.23. The van der Waals surface area contributed by atoms with Crippen LogP contribution in [0.25, 0.3) is 23.2 Å². The molecule has 180 valence electrons. The Morgan fingerprint density at radius 3 is 2.50 bits per heavy atom. The first kappa shape index (κ1) is 23.3. The van der Waals surface area contributed by atoms with Crippen LogP contribution in [0.5, 0.6) is 17.2 Å². The molecule has 0 aliphatic rings. The molecule has 0 N–H and O–H groups in total. The summed E-state index contributed by atoms with van der Waals surface area (Å²) in [4.78, 5) is 18.0. The Morgan fingerprint density at radius 2 is 1.72 bits per heavy atom. The van der Waals surface area contributed by atoms with Crippen molar-refractivity contribution in [2.45, 2.75) is 6.61 Å². The predicted molar refractivity (Wildman–Crippen MR) is 142 cm³/mol. The van der Waals surface area contributed by atoms with Gasteiger partial charge in [-0.25, -0.2) is 0 Å². The van der Waals surface area contributed by atoms with Gasteiger partial charge in [0.1, 0.15) is 12.4 Å². The Bertz CT molecular complexity index is 1640. The minimum atomic E-state index is -0.205. The average molecular weight is 498 g/mol. The second kappa shape index (κ2) is 10.5. The smallest absolute Gasteiger partial charge is 0.291 e. The van der Waals surface area contributed by atoms with Crippen molar-refractivity contribution in [3.63, 3.8) is 0 Å². The molecule has 0 fully saturated rings. The van der Waals surface area contributed by atoms with Crippen molar-refractivity contribution in [1.29, 1.82) is 0 Å². The molecule has 5 aromatic rings. The van der Waals surface area contributed by atoms with Gasteiger partial charge in [-0.3, -0.25) is 4.79 Å². The number of aromatic nitrogens is 3. The number of benzene rings is 3. The van der Waals surface area contributed by atoms with Crippen LogP contribution < -0.4 is 24.3 Å². The van der Waals surface area contributed by atoms with E-state index < -0.39 is 0 Å². The predicted octanol–water partition coefficient (Wildman–Crippen LogP) is 4.47. The summed E-state index contributed by atoms with van der Waals surface area (Å²) in [6.45, 7) is 0.480. The summed E-state index contributed by atoms with van der Waals surface area (Å²) in [5.41, 5.74) is 2.66. The molecule has 0 aliphatic carbocycles. The molecule has 0 aliphatic heterocycles. The number of rotatable bonds is 8. The summed E-state index contributed by atoms with van der Waals surface area (Å²) >= 11 is 1.30. The molecular weight excluding hydrogens is 474 g/mol. The highest BCUT2D eigenvalue weighted by atomic mass is 32.1. The second-order valence-electron chi connectivity index (χ2n) is 7.87. The van der Waals surface area contributed by atoms with Crippen LogP contribution >= 0.6 is 11.3 Å². The van der Waals surface area contributed by atoms with Crippen LogP contribution in [-0.2, 0) is 6.61 Å². The third-order valence-corrected chi connectivity index (χ3v) is 6.39. The summed E-state index contributed by atoms with van der Waals surface area (Å²) in [6.07, 6.45) is 5.45. The van der Waals surface area contributed by atoms with Crippen molar-refractivity contribution in [3.05, 3.63) is 110 Å². The maximum atomic E-state index is 12.9. The molecule has 0 saturated heterocycles. The first-order chi connectivity index (χ1) is 17.6. The van der Waals surface area contributed by atoms with Gasteiger partial charge in [-0.1, -0.05) is 65.9 Å². The van der Waals surface area contributed by atoms with Gasteiger partial charge in [0.25, 0.3) is 5.56 Å². The van der Waals surface area contributed by atoms with Gasteiger partial charge >= 0.3 is 0 Å². The first-order valence-electron chi connectivity index (χ1n) is 11.2. The molecular formula is C28H23N3O4S. The number of ether oxygens (including phenoxy) is 3. The summed E-state index contributed by atoms with van der Waals surface area (Å²) in [5.74, 6) is 2.48. The number of hydrogen-bond donors (Lipinski definition) is 0. The number of nitrogens with zero attached hydrogens (tertiary/aromatic N) is 3. The van der Waals surface area contributed by atoms with Crippen molar-refractivity contribution in [1.82, 2.24) is 14.6 Å². The van der Waals surface area contributed by atoms with E-state index in [-0.39, 0.29) is 5.56 Å². The average Bonchev–Trinajstić information content (AvgIpc) is 3.45. The van der Waals surface area contributed by atoms with E-state index in [9.17, 15) is 4.79 Å². The van der Waals surface area contributed by atoms with Gasteiger partial charge < -0.3 is 14.2 Å². The van der Waals surface area contributed by atoms with Gasteiger partial charge in [0.15, 0.2) is 17.3 Å². The monoisotopic (exact) mass is 497 g/mol. The highest BCUT2D eigenvalue weighted by molar-refractivity contribution is 7.15. The molecule has 3 aromatic carbocycles. The molecule has 36 heavy (non-hydrogen) atoms. The third-order valence-electron chi connectivity index (χ3n) is 5.43. The van der Waals surface area contributed by atoms with Crippen LogP contribution in [-0.4, -0.2) is 28.8 Å². The van der Waals surface area contributed by atoms with Crippen LogP contribution in [0.3, 0.4) is 0 Å². The molecule has 0 atom stereocenters. The molecule has 0 unspecified atom stereocenters. The Morgan fingerprint density at radius 1 is 0.889 bits per heavy atom. The molecule has 5 rings (SSSR count). The molecule has 8 heteroatoms. The van der Waals surface area contributed by atoms with Gasteiger partial charge in [0.2, 0.25) is 4.96 Å². The van der Waals surface area contributed by atoms with Crippen molar-refractivity contribution in [3.8, 4) is 17.2 Å². The van der Waals surface area contributed by atoms with Gasteiger partial charge in [-0.2, -0.15) is 9.50 Å². The molecule has 0 spiro atoms. The second-order valence-corrected chi connectivity index (χ2v) is 8.88. The lowest BCUT2D eigenvalue weighted by Gasteiger charge is -2.07. The van der Waals surface area contributed by atoms with Crippen molar-refractivity contribution < 1.29 is 14.2 Å². The van der Waals surface area contributed by atoms with E-state index in [1.54, 1.807) is 20.3 Å². The third kappa shape index (κ3) is 5.13. The minimum absolute atomic E-state index is 0.205. The van der Waals surface area contributed by atoms with Crippen LogP contribution in [0, 0.1) is 0 Å². The van der Waals surface area contributed by atoms with E-state index in [0.717, 1.165) is 22.4 Å². The zero-order valence-electron chi connectivity index (χ0n) is 19.8. The van der Waals surface area contributed by atoms with E-state index in [0.29, 0.717) is 33.4 Å². The van der Waals surface area contributed by atoms with Crippen LogP contribution in [0.4, 0.5) is 0 Å². The Labute approximate surface area is 211 Å². The van der Waals surface area contributed by atoms with Gasteiger partial charge in [-0.05, 0) is 53.1 Å². The summed E-state index contributed by atoms with van der Waals surface area (Å²) in [7, 11) is 3.19. The van der Waals surface area contributed by atoms with Crippen LogP contribution in [0.15, 0.2) is 77.6 Å². The van der Waals surface area contributed by atoms with Gasteiger partial charge in [0, 0.05) is 0 Å². The molecule has 7 nitrogen and oxygen atoms in total. The van der Waals surface area contributed by atoms with E-state index in [1.807, 2.05) is 84.9 Å². The minimum Gasteiger partial charge on any atom is -0.493 e. The molecule has 0 saturated carbocycles. The quantitative estimate of drug-likeness (QED) is 0.315. The molecule has 0 bridgehead atoms. The summed E-state index contributed by atoms with van der Waals surface area (Å²) in [5, 5.41) is 4.36. The fraction of sp³-hybridized carbons (Fsp3) is 0.107. The normalized spacial score (nSPS) is 11.9. The number of thiazole rings is 1. The van der Waals surface area contributed by atoms with Crippen molar-refractivity contribution in [2.24, 2.45) is 0 Å². The van der Waals surface area contributed by atoms with Crippen molar-refractivity contribution in [2.75, 3.05) is 14.2 Å². The lowest BCUT2D eigenvalue weighted by molar-refractivity contribution is 0.306. The Kier molecular flexibility index (Phi) is 6.77. The molecule has 0 radical (unpaired) electrons. The maximum absolute atomic E-state index is 12.9. The Hall–Kier alpha value is -4.43. The van der Waals surface area contributed by atoms with Crippen LogP contribution in [0.1, 0.15) is 22.5 Å². The highest BCUT2D eigenvalue weighted by Crippen LogP contribution is 2.28. The maximum Gasteiger partial charge on any atom is 0.291 e.